The molecule has 1 N–H and O–H groups in total. The van der Waals surface area contributed by atoms with E-state index in [-0.39, 0.29) is 17.4 Å². The van der Waals surface area contributed by atoms with Crippen molar-refractivity contribution in [2.24, 2.45) is 5.92 Å². The van der Waals surface area contributed by atoms with Gasteiger partial charge in [0.15, 0.2) is 0 Å². The van der Waals surface area contributed by atoms with Crippen molar-refractivity contribution in [1.82, 2.24) is 4.90 Å². The van der Waals surface area contributed by atoms with E-state index in [1.807, 2.05) is 0 Å². The van der Waals surface area contributed by atoms with E-state index in [1.165, 1.54) is 11.1 Å². The van der Waals surface area contributed by atoms with Gasteiger partial charge in [0.2, 0.25) is 0 Å². The van der Waals surface area contributed by atoms with E-state index in [0.29, 0.717) is 6.04 Å². The average molecular weight is 287 g/mol. The highest BCUT2D eigenvalue weighted by atomic mass is 16.4. The minimum Gasteiger partial charge on any atom is -0.481 e. The molecule has 0 radical (unpaired) electrons. The van der Waals surface area contributed by atoms with Gasteiger partial charge in [0.25, 0.3) is 0 Å². The van der Waals surface area contributed by atoms with Crippen LogP contribution in [0.5, 0.6) is 0 Å². The molecule has 2 saturated heterocycles. The minimum atomic E-state index is -0.615. The highest BCUT2D eigenvalue weighted by molar-refractivity contribution is 5.71. The predicted octanol–water partition coefficient (Wildman–Crippen LogP) is 3.42. The molecule has 2 bridgehead atoms. The van der Waals surface area contributed by atoms with Gasteiger partial charge in [-0.15, -0.1) is 0 Å². The van der Waals surface area contributed by atoms with Crippen LogP contribution in [0.15, 0.2) is 24.3 Å². The van der Waals surface area contributed by atoms with Gasteiger partial charge in [0, 0.05) is 18.6 Å². The molecule has 3 rings (SSSR count). The van der Waals surface area contributed by atoms with Crippen molar-refractivity contribution in [3.8, 4) is 0 Å². The molecular formula is C18H25NO2. The Labute approximate surface area is 127 Å². The van der Waals surface area contributed by atoms with Gasteiger partial charge in [-0.1, -0.05) is 45.0 Å². The van der Waals surface area contributed by atoms with Crippen LogP contribution in [0.3, 0.4) is 0 Å². The molecule has 1 aromatic carbocycles. The van der Waals surface area contributed by atoms with Crippen LogP contribution in [0.2, 0.25) is 0 Å². The SMILES string of the molecule is CC(C)(C)c1ccc(CN2C3CCC2C(C(=O)O)C3)cc1. The average Bonchev–Trinajstić information content (AvgIpc) is 2.95. The number of carboxylic acids is 1. The predicted molar refractivity (Wildman–Crippen MR) is 83.2 cm³/mol. The van der Waals surface area contributed by atoms with Crippen LogP contribution < -0.4 is 0 Å². The summed E-state index contributed by atoms with van der Waals surface area (Å²) in [5.41, 5.74) is 2.82. The van der Waals surface area contributed by atoms with Crippen LogP contribution >= 0.6 is 0 Å². The molecule has 0 aliphatic carbocycles. The summed E-state index contributed by atoms with van der Waals surface area (Å²) >= 11 is 0. The topological polar surface area (TPSA) is 40.5 Å². The van der Waals surface area contributed by atoms with Gasteiger partial charge >= 0.3 is 5.97 Å². The molecule has 2 aliphatic heterocycles. The lowest BCUT2D eigenvalue weighted by Crippen LogP contribution is -2.32. The zero-order valence-electron chi connectivity index (χ0n) is 13.2. The Hall–Kier alpha value is -1.35. The Balaban J connectivity index is 1.72. The molecule has 0 saturated carbocycles. The zero-order chi connectivity index (χ0) is 15.2. The van der Waals surface area contributed by atoms with E-state index in [9.17, 15) is 9.90 Å². The number of fused-ring (bicyclic) bond motifs is 2. The normalized spacial score (nSPS) is 29.0. The summed E-state index contributed by atoms with van der Waals surface area (Å²) in [4.78, 5) is 13.7. The first-order valence-electron chi connectivity index (χ1n) is 7.94. The monoisotopic (exact) mass is 287 g/mol. The van der Waals surface area contributed by atoms with Gasteiger partial charge in [-0.25, -0.2) is 0 Å². The van der Waals surface area contributed by atoms with Crippen molar-refractivity contribution in [2.45, 2.75) is 64.1 Å². The summed E-state index contributed by atoms with van der Waals surface area (Å²) in [6.45, 7) is 7.56. The molecule has 2 heterocycles. The third-order valence-corrected chi connectivity index (χ3v) is 5.18. The molecular weight excluding hydrogens is 262 g/mol. The lowest BCUT2D eigenvalue weighted by Gasteiger charge is -2.24. The van der Waals surface area contributed by atoms with E-state index >= 15 is 0 Å². The molecule has 2 aliphatic rings. The molecule has 0 amide bonds. The Morgan fingerprint density at radius 3 is 2.43 bits per heavy atom. The number of carboxylic acid groups (broad SMARTS) is 1. The van der Waals surface area contributed by atoms with Crippen LogP contribution in [0, 0.1) is 5.92 Å². The molecule has 3 unspecified atom stereocenters. The van der Waals surface area contributed by atoms with E-state index in [0.717, 1.165) is 25.8 Å². The molecule has 114 valence electrons. The number of rotatable bonds is 3. The van der Waals surface area contributed by atoms with E-state index in [2.05, 4.69) is 49.9 Å². The van der Waals surface area contributed by atoms with Crippen LogP contribution in [0.4, 0.5) is 0 Å². The van der Waals surface area contributed by atoms with Crippen molar-refractivity contribution in [3.63, 3.8) is 0 Å². The largest absolute Gasteiger partial charge is 0.481 e. The van der Waals surface area contributed by atoms with Gasteiger partial charge in [0.1, 0.15) is 0 Å². The number of aliphatic carboxylic acids is 1. The lowest BCUT2D eigenvalue weighted by atomic mass is 9.87. The van der Waals surface area contributed by atoms with Gasteiger partial charge in [-0.05, 0) is 35.8 Å². The first-order chi connectivity index (χ1) is 9.86. The van der Waals surface area contributed by atoms with E-state index in [4.69, 9.17) is 0 Å². The molecule has 21 heavy (non-hydrogen) atoms. The molecule has 3 nitrogen and oxygen atoms in total. The molecule has 1 aromatic rings. The van der Waals surface area contributed by atoms with Crippen molar-refractivity contribution in [2.75, 3.05) is 0 Å². The van der Waals surface area contributed by atoms with E-state index < -0.39 is 5.97 Å². The molecule has 0 aromatic heterocycles. The Morgan fingerprint density at radius 2 is 1.90 bits per heavy atom. The Kier molecular flexibility index (Phi) is 3.56. The first kappa shape index (κ1) is 14.6. The third-order valence-electron chi connectivity index (χ3n) is 5.18. The second-order valence-corrected chi connectivity index (χ2v) is 7.60. The van der Waals surface area contributed by atoms with Crippen LogP contribution in [-0.4, -0.2) is 28.1 Å². The number of carbonyl (C=O) groups is 1. The summed E-state index contributed by atoms with van der Waals surface area (Å²) in [6, 6.07) is 9.54. The summed E-state index contributed by atoms with van der Waals surface area (Å²) < 4.78 is 0. The van der Waals surface area contributed by atoms with Gasteiger partial charge in [-0.2, -0.15) is 0 Å². The maximum Gasteiger partial charge on any atom is 0.308 e. The molecule has 2 fully saturated rings. The third kappa shape index (κ3) is 2.71. The molecule has 3 heteroatoms. The second kappa shape index (κ2) is 5.13. The highest BCUT2D eigenvalue weighted by Crippen LogP contribution is 2.42. The number of nitrogens with zero attached hydrogens (tertiary/aromatic N) is 1. The fourth-order valence-electron chi connectivity index (χ4n) is 3.93. The van der Waals surface area contributed by atoms with Crippen LogP contribution in [-0.2, 0) is 16.8 Å². The van der Waals surface area contributed by atoms with Crippen LogP contribution in [0.25, 0.3) is 0 Å². The number of hydrogen-bond acceptors (Lipinski definition) is 2. The van der Waals surface area contributed by atoms with E-state index in [1.54, 1.807) is 0 Å². The zero-order valence-corrected chi connectivity index (χ0v) is 13.2. The number of hydrogen-bond donors (Lipinski definition) is 1. The Bertz CT molecular complexity index is 529. The molecule has 0 spiro atoms. The molecule has 3 atom stereocenters. The van der Waals surface area contributed by atoms with Crippen molar-refractivity contribution in [1.29, 1.82) is 0 Å². The maximum atomic E-state index is 11.3. The standard InChI is InChI=1S/C18H25NO2/c1-18(2,3)13-6-4-12(5-7-13)11-19-14-8-9-16(19)15(10-14)17(20)21/h4-7,14-16H,8-11H2,1-3H3,(H,20,21). The smallest absolute Gasteiger partial charge is 0.308 e. The number of benzene rings is 1. The Morgan fingerprint density at radius 1 is 1.24 bits per heavy atom. The fraction of sp³-hybridized carbons (Fsp3) is 0.611. The summed E-state index contributed by atoms with van der Waals surface area (Å²) in [6.07, 6.45) is 3.04. The van der Waals surface area contributed by atoms with Gasteiger partial charge < -0.3 is 5.11 Å². The van der Waals surface area contributed by atoms with Gasteiger partial charge in [-0.3, -0.25) is 9.69 Å². The maximum absolute atomic E-state index is 11.3. The summed E-state index contributed by atoms with van der Waals surface area (Å²) in [5, 5.41) is 9.32. The lowest BCUT2D eigenvalue weighted by molar-refractivity contribution is -0.142. The minimum absolute atomic E-state index is 0.155. The summed E-state index contributed by atoms with van der Waals surface area (Å²) in [5.74, 6) is -0.770. The van der Waals surface area contributed by atoms with Gasteiger partial charge in [0.05, 0.1) is 5.92 Å². The second-order valence-electron chi connectivity index (χ2n) is 7.60. The van der Waals surface area contributed by atoms with Crippen molar-refractivity contribution < 1.29 is 9.90 Å². The fourth-order valence-corrected chi connectivity index (χ4v) is 3.93. The van der Waals surface area contributed by atoms with Crippen LogP contribution in [0.1, 0.15) is 51.2 Å². The quantitative estimate of drug-likeness (QED) is 0.926. The summed E-state index contributed by atoms with van der Waals surface area (Å²) in [7, 11) is 0. The first-order valence-corrected chi connectivity index (χ1v) is 7.94. The van der Waals surface area contributed by atoms with Crippen molar-refractivity contribution >= 4 is 5.97 Å². The highest BCUT2D eigenvalue weighted by Gasteiger charge is 2.48. The van der Waals surface area contributed by atoms with Crippen molar-refractivity contribution in [3.05, 3.63) is 35.4 Å².